The molecular weight excluding hydrogens is 251 g/mol. The summed E-state index contributed by atoms with van der Waals surface area (Å²) in [4.78, 5) is 13.4. The summed E-state index contributed by atoms with van der Waals surface area (Å²) < 4.78 is 24.8. The first-order chi connectivity index (χ1) is 8.18. The Balaban J connectivity index is 4.12. The molecule has 0 saturated heterocycles. The van der Waals surface area contributed by atoms with E-state index in [1.165, 1.54) is 18.2 Å². The van der Waals surface area contributed by atoms with Crippen molar-refractivity contribution in [3.63, 3.8) is 0 Å². The summed E-state index contributed by atoms with van der Waals surface area (Å²) in [6.45, 7) is 10.1. The summed E-state index contributed by atoms with van der Waals surface area (Å²) >= 11 is 0. The lowest BCUT2D eigenvalue weighted by molar-refractivity contribution is -0.316. The van der Waals surface area contributed by atoms with E-state index < -0.39 is 7.82 Å². The lowest BCUT2D eigenvalue weighted by atomic mass is 10.7. The van der Waals surface area contributed by atoms with Crippen LogP contribution in [0.2, 0.25) is 0 Å². The van der Waals surface area contributed by atoms with Crippen LogP contribution < -0.4 is 0 Å². The van der Waals surface area contributed by atoms with Crippen LogP contribution in [0.4, 0.5) is 0 Å². The fourth-order valence-corrected chi connectivity index (χ4v) is 1.11. The second-order valence-corrected chi connectivity index (χ2v) is 3.73. The van der Waals surface area contributed by atoms with Gasteiger partial charge >= 0.3 is 7.82 Å². The molecule has 0 aromatic rings. The molecule has 0 aliphatic rings. The zero-order valence-electron chi connectivity index (χ0n) is 9.28. The van der Waals surface area contributed by atoms with E-state index in [1.54, 1.807) is 0 Å². The van der Waals surface area contributed by atoms with Crippen LogP contribution in [-0.2, 0) is 33.3 Å². The minimum Gasteiger partial charge on any atom is -0.222 e. The van der Waals surface area contributed by atoms with Crippen molar-refractivity contribution < 1.29 is 33.3 Å². The van der Waals surface area contributed by atoms with Crippen LogP contribution in [-0.4, -0.2) is 19.8 Å². The molecule has 17 heavy (non-hydrogen) atoms. The van der Waals surface area contributed by atoms with Gasteiger partial charge in [0, 0.05) is 0 Å². The van der Waals surface area contributed by atoms with Crippen molar-refractivity contribution >= 4 is 7.82 Å². The molecule has 0 aromatic heterocycles. The Morgan fingerprint density at radius 1 is 0.765 bits per heavy atom. The fourth-order valence-electron chi connectivity index (χ4n) is 0.467. The molecule has 8 heteroatoms. The number of hydrogen-bond acceptors (Lipinski definition) is 7. The van der Waals surface area contributed by atoms with Gasteiger partial charge in [0.2, 0.25) is 0 Å². The maximum atomic E-state index is 11.7. The van der Waals surface area contributed by atoms with E-state index in [1.807, 2.05) is 0 Å². The molecule has 0 radical (unpaired) electrons. The third-order valence-corrected chi connectivity index (χ3v) is 1.85. The minimum absolute atomic E-state index is 0.0143. The van der Waals surface area contributed by atoms with Gasteiger partial charge in [0.1, 0.15) is 19.8 Å². The predicted octanol–water partition coefficient (Wildman–Crippen LogP) is 2.50. The van der Waals surface area contributed by atoms with Gasteiger partial charge in [-0.1, -0.05) is 18.2 Å². The third-order valence-electron chi connectivity index (χ3n) is 0.990. The van der Waals surface area contributed by atoms with Crippen LogP contribution in [0, 0.1) is 0 Å². The molecule has 0 fully saturated rings. The average Bonchev–Trinajstić information content (AvgIpc) is 2.30. The highest BCUT2D eigenvalue weighted by Gasteiger charge is 2.32. The molecule has 0 spiro atoms. The van der Waals surface area contributed by atoms with Gasteiger partial charge in [-0.15, -0.1) is 33.8 Å². The van der Waals surface area contributed by atoms with Crippen LogP contribution in [0.1, 0.15) is 0 Å². The molecule has 0 amide bonds. The van der Waals surface area contributed by atoms with Gasteiger partial charge in [-0.3, -0.25) is 0 Å². The van der Waals surface area contributed by atoms with E-state index in [0.717, 1.165) is 0 Å². The van der Waals surface area contributed by atoms with Crippen molar-refractivity contribution in [2.24, 2.45) is 0 Å². The van der Waals surface area contributed by atoms with Crippen LogP contribution in [0.5, 0.6) is 0 Å². The van der Waals surface area contributed by atoms with Crippen molar-refractivity contribution in [2.75, 3.05) is 19.8 Å². The van der Waals surface area contributed by atoms with E-state index >= 15 is 0 Å². The van der Waals surface area contributed by atoms with Crippen molar-refractivity contribution in [2.45, 2.75) is 0 Å². The highest BCUT2D eigenvalue weighted by atomic mass is 31.2. The van der Waals surface area contributed by atoms with Crippen molar-refractivity contribution in [3.8, 4) is 0 Å². The van der Waals surface area contributed by atoms with Crippen LogP contribution in [0.3, 0.4) is 0 Å². The van der Waals surface area contributed by atoms with E-state index in [2.05, 4.69) is 48.4 Å². The Morgan fingerprint density at radius 3 is 1.29 bits per heavy atom. The first-order valence-electron chi connectivity index (χ1n) is 4.55. The molecule has 0 aliphatic heterocycles. The fraction of sp³-hybridized carbons (Fsp3) is 0.333. The summed E-state index contributed by atoms with van der Waals surface area (Å²) in [7, 11) is -4.12. The van der Waals surface area contributed by atoms with Gasteiger partial charge < -0.3 is 0 Å². The summed E-state index contributed by atoms with van der Waals surface area (Å²) in [5, 5.41) is 0. The van der Waals surface area contributed by atoms with Crippen molar-refractivity contribution in [1.82, 2.24) is 0 Å². The zero-order chi connectivity index (χ0) is 13.0. The summed E-state index contributed by atoms with van der Waals surface area (Å²) in [5.41, 5.74) is 0. The summed E-state index contributed by atoms with van der Waals surface area (Å²) in [6.07, 6.45) is 4.12. The smallest absolute Gasteiger partial charge is 0.222 e. The SMILES string of the molecule is C=CCOOP(=O)(OOCC=C)OOCC=C. The molecule has 0 aliphatic carbocycles. The number of hydrogen-bond donors (Lipinski definition) is 0. The molecule has 0 aromatic carbocycles. The standard InChI is InChI=1S/C9H15O7P/c1-4-7-11-14-17(10,15-12-8-5-2)16-13-9-6-3/h4-6H,1-3,7-9H2. The molecule has 0 heterocycles. The van der Waals surface area contributed by atoms with Gasteiger partial charge in [0.15, 0.2) is 0 Å². The monoisotopic (exact) mass is 266 g/mol. The second-order valence-electron chi connectivity index (χ2n) is 2.39. The van der Waals surface area contributed by atoms with Gasteiger partial charge in [0.25, 0.3) is 0 Å². The molecule has 0 rings (SSSR count). The zero-order valence-corrected chi connectivity index (χ0v) is 10.2. The van der Waals surface area contributed by atoms with E-state index in [4.69, 9.17) is 0 Å². The maximum Gasteiger partial charge on any atom is 0.556 e. The molecule has 0 unspecified atom stereocenters. The number of phosphoric acid groups is 1. The Labute approximate surface area is 99.6 Å². The molecular formula is C9H15O7P. The molecule has 0 bridgehead atoms. The van der Waals surface area contributed by atoms with Crippen LogP contribution in [0.15, 0.2) is 38.0 Å². The Bertz CT molecular complexity index is 236. The van der Waals surface area contributed by atoms with Crippen molar-refractivity contribution in [1.29, 1.82) is 0 Å². The largest absolute Gasteiger partial charge is 0.556 e. The molecule has 98 valence electrons. The van der Waals surface area contributed by atoms with E-state index in [9.17, 15) is 4.57 Å². The lowest BCUT2D eigenvalue weighted by Gasteiger charge is -2.13. The van der Waals surface area contributed by atoms with Gasteiger partial charge in [-0.05, 0) is 0 Å². The lowest BCUT2D eigenvalue weighted by Crippen LogP contribution is -2.03. The van der Waals surface area contributed by atoms with E-state index in [0.29, 0.717) is 0 Å². The normalized spacial score (nSPS) is 11.1. The first kappa shape index (κ1) is 16.2. The molecule has 0 atom stereocenters. The average molecular weight is 266 g/mol. The first-order valence-corrected chi connectivity index (χ1v) is 6.01. The Morgan fingerprint density at radius 2 is 1.06 bits per heavy atom. The van der Waals surface area contributed by atoms with Gasteiger partial charge in [-0.2, -0.15) is 0 Å². The van der Waals surface area contributed by atoms with Crippen molar-refractivity contribution in [3.05, 3.63) is 38.0 Å². The van der Waals surface area contributed by atoms with Gasteiger partial charge in [-0.25, -0.2) is 19.2 Å². The van der Waals surface area contributed by atoms with Crippen LogP contribution in [0.25, 0.3) is 0 Å². The van der Waals surface area contributed by atoms with Gasteiger partial charge in [0.05, 0.1) is 0 Å². The van der Waals surface area contributed by atoms with E-state index in [-0.39, 0.29) is 19.8 Å². The topological polar surface area (TPSA) is 72.5 Å². The third kappa shape index (κ3) is 8.96. The highest BCUT2D eigenvalue weighted by Crippen LogP contribution is 2.50. The quantitative estimate of drug-likeness (QED) is 0.177. The maximum absolute atomic E-state index is 11.7. The molecule has 7 nitrogen and oxygen atoms in total. The minimum atomic E-state index is -4.12. The summed E-state index contributed by atoms with van der Waals surface area (Å²) in [5.74, 6) is 0. The molecule has 0 N–H and O–H groups in total. The second kappa shape index (κ2) is 10.4. The molecule has 0 saturated carbocycles. The predicted molar refractivity (Wildman–Crippen MR) is 59.3 cm³/mol. The number of rotatable bonds is 12. The Hall–Kier alpha value is -0.790. The highest BCUT2D eigenvalue weighted by molar-refractivity contribution is 7.48. The summed E-state index contributed by atoms with van der Waals surface area (Å²) in [6, 6.07) is 0. The van der Waals surface area contributed by atoms with Crippen LogP contribution >= 0.6 is 7.82 Å². The Kier molecular flexibility index (Phi) is 9.89.